The van der Waals surface area contributed by atoms with Crippen LogP contribution in [0.1, 0.15) is 26.7 Å². The number of nitrogens with one attached hydrogen (secondary N) is 1. The van der Waals surface area contributed by atoms with E-state index in [1.165, 1.54) is 27.1 Å². The van der Waals surface area contributed by atoms with Crippen LogP contribution in [0.4, 0.5) is 33.6 Å². The summed E-state index contributed by atoms with van der Waals surface area (Å²) in [5.74, 6) is 2.59. The number of hydrogen-bond acceptors (Lipinski definition) is 30. The van der Waals surface area contributed by atoms with E-state index in [9.17, 15) is 51.7 Å². The van der Waals surface area contributed by atoms with Crippen molar-refractivity contribution in [3.05, 3.63) is 0 Å². The van der Waals surface area contributed by atoms with Gasteiger partial charge in [-0.05, 0) is 30.4 Å². The summed E-state index contributed by atoms with van der Waals surface area (Å²) in [4.78, 5) is 97.9. The minimum Gasteiger partial charge on any atom is -0.483 e. The number of rotatable bonds is 15. The molecule has 8 rings (SSSR count). The third-order valence-corrected chi connectivity index (χ3v) is 14.1. The Balaban J connectivity index is 0.000000211. The van der Waals surface area contributed by atoms with Crippen molar-refractivity contribution < 1.29 is 142 Å². The van der Waals surface area contributed by atoms with E-state index >= 15 is 0 Å². The second-order valence-corrected chi connectivity index (χ2v) is 23.7. The third kappa shape index (κ3) is 22.3. The lowest BCUT2D eigenvalue weighted by molar-refractivity contribution is -0.150. The van der Waals surface area contributed by atoms with Crippen molar-refractivity contribution >= 4 is 105 Å². The van der Waals surface area contributed by atoms with Gasteiger partial charge in [-0.25, -0.2) is 38.6 Å². The molecule has 0 saturated carbocycles. The lowest BCUT2D eigenvalue weighted by atomic mass is 10.1. The second-order valence-electron chi connectivity index (χ2n) is 18.6. The summed E-state index contributed by atoms with van der Waals surface area (Å²) < 4.78 is 137. The predicted octanol–water partition coefficient (Wildman–Crippen LogP) is 0.389. The van der Waals surface area contributed by atoms with Gasteiger partial charge in [-0.15, -0.1) is 9.36 Å². The summed E-state index contributed by atoms with van der Waals surface area (Å²) in [6, 6.07) is 0. The van der Waals surface area contributed by atoms with Crippen LogP contribution in [0.25, 0.3) is 0 Å². The first kappa shape index (κ1) is 70.8. The Bertz CT molecular complexity index is 2470. The van der Waals surface area contributed by atoms with Gasteiger partial charge in [0, 0.05) is 12.9 Å². The van der Waals surface area contributed by atoms with Gasteiger partial charge in [0.05, 0.1) is 73.7 Å². The highest BCUT2D eigenvalue weighted by Crippen LogP contribution is 2.36. The zero-order chi connectivity index (χ0) is 63.1. The Morgan fingerprint density at radius 2 is 0.895 bits per heavy atom. The molecule has 0 aromatic rings. The van der Waals surface area contributed by atoms with Crippen molar-refractivity contribution in [2.24, 2.45) is 35.2 Å². The zero-order valence-electron chi connectivity index (χ0n) is 46.6. The number of methoxy groups -OCH3 is 2. The van der Waals surface area contributed by atoms with Gasteiger partial charge in [-0.1, -0.05) is 17.7 Å². The van der Waals surface area contributed by atoms with Crippen LogP contribution in [0.2, 0.25) is 0 Å². The molecule has 5 amide bonds. The maximum atomic E-state index is 11.7. The molecule has 7 N–H and O–H groups in total. The molecular weight excluding hydrogens is 1250 g/mol. The van der Waals surface area contributed by atoms with Gasteiger partial charge < -0.3 is 94.6 Å². The first-order valence-corrected chi connectivity index (χ1v) is 31.5. The number of aliphatic imine (C=N–C) groups is 2. The highest BCUT2D eigenvalue weighted by atomic mass is 32.1. The largest absolute Gasteiger partial charge is 0.508 e. The second kappa shape index (κ2) is 34.5. The fourth-order valence-electron chi connectivity index (χ4n) is 8.77. The van der Waals surface area contributed by atoms with E-state index in [2.05, 4.69) is 34.1 Å². The van der Waals surface area contributed by atoms with Crippen molar-refractivity contribution in [3.63, 3.8) is 0 Å². The fraction of sp³-hybridized carbons (Fsp3) is 0.750. The van der Waals surface area contributed by atoms with Gasteiger partial charge >= 0.3 is 56.3 Å². The molecule has 0 radical (unpaired) electrons. The molecule has 2 unspecified atom stereocenters. The Hall–Kier alpha value is -5.97. The number of nitrogens with two attached hydrogens (primary N) is 3. The Labute approximate surface area is 496 Å². The van der Waals surface area contributed by atoms with Gasteiger partial charge in [0.15, 0.2) is 62.5 Å². The molecular formula is C44H66N8O30P2S2. The van der Waals surface area contributed by atoms with Crippen molar-refractivity contribution in [2.45, 2.75) is 124 Å². The first-order chi connectivity index (χ1) is 40.9. The molecule has 38 nitrogen and oxygen atoms in total. The summed E-state index contributed by atoms with van der Waals surface area (Å²) >= 11 is 0.500. The number of fused-ring (bicyclic) bond motifs is 4. The molecule has 8 aliphatic rings. The lowest BCUT2D eigenvalue weighted by Crippen LogP contribution is -2.38. The van der Waals surface area contributed by atoms with Crippen molar-refractivity contribution in [2.75, 3.05) is 86.5 Å². The molecule has 0 aromatic heterocycles. The predicted molar refractivity (Wildman–Crippen MR) is 286 cm³/mol. The van der Waals surface area contributed by atoms with Crippen LogP contribution in [-0.4, -0.2) is 256 Å². The van der Waals surface area contributed by atoms with Crippen LogP contribution in [0.5, 0.6) is 0 Å². The summed E-state index contributed by atoms with van der Waals surface area (Å²) in [5, 5.41) is 1.80. The average molecular weight is 1310 g/mol. The molecule has 0 aromatic carbocycles. The van der Waals surface area contributed by atoms with E-state index in [4.69, 9.17) is 97.0 Å². The van der Waals surface area contributed by atoms with Crippen LogP contribution >= 0.6 is 14.9 Å². The van der Waals surface area contributed by atoms with Crippen LogP contribution < -0.4 is 21.6 Å². The van der Waals surface area contributed by atoms with Gasteiger partial charge in [0.25, 0.3) is 0 Å². The van der Waals surface area contributed by atoms with Crippen LogP contribution in [0, 0.1) is 0 Å². The smallest absolute Gasteiger partial charge is 0.483 e. The SMILES string of the molecule is C=S=NC(=O)O[C@H]1CO[C@H]2[C@@H]1OC[C@H]2OC(=O)N=S=O.CCCC=NC(=O)O[C@H]1CO[C@H]2[C@@H]1OC[C@H]2OC(=O)N=COCC.COC(=O)O[C@H]1CO[C@H]2[C@@H]1OC[C@H]2OC(=O)OC.CP(N)(=O)CC(=O)OC1CO[C@H]2[C@@H]1OC[C@H]2OC(=O)NP(N)(N)=O. The quantitative estimate of drug-likeness (QED) is 0.0430. The minimum atomic E-state index is -3.77. The maximum Gasteiger partial charge on any atom is 0.508 e. The number of ether oxygens (including phenoxy) is 19. The maximum absolute atomic E-state index is 11.7. The van der Waals surface area contributed by atoms with E-state index in [1.807, 2.05) is 6.92 Å². The molecule has 8 aliphatic heterocycles. The highest BCUT2D eigenvalue weighted by Gasteiger charge is 2.55. The molecule has 42 heteroatoms. The van der Waals surface area contributed by atoms with Crippen LogP contribution in [0.3, 0.4) is 0 Å². The molecule has 0 aliphatic carbocycles. The monoisotopic (exact) mass is 1310 g/mol. The number of unbranched alkanes of at least 4 members (excludes halogenated alkanes) is 1. The van der Waals surface area contributed by atoms with Crippen molar-refractivity contribution in [1.82, 2.24) is 5.09 Å². The van der Waals surface area contributed by atoms with Crippen LogP contribution in [0.15, 0.2) is 18.7 Å². The van der Waals surface area contributed by atoms with E-state index in [1.54, 1.807) is 12.0 Å². The number of carbonyl (C=O) groups excluding carboxylic acids is 8. The first-order valence-electron chi connectivity index (χ1n) is 25.6. The summed E-state index contributed by atoms with van der Waals surface area (Å²) in [5.41, 5.74) is 15.4. The molecule has 0 spiro atoms. The minimum absolute atomic E-state index is 0.0145. The Kier molecular flexibility index (Phi) is 28.4. The summed E-state index contributed by atoms with van der Waals surface area (Å²) in [6.45, 7) is 6.29. The molecule has 484 valence electrons. The highest BCUT2D eigenvalue weighted by molar-refractivity contribution is 7.66. The summed E-state index contributed by atoms with van der Waals surface area (Å²) in [6.07, 6.45) is -11.6. The fourth-order valence-corrected chi connectivity index (χ4v) is 9.94. The lowest BCUT2D eigenvalue weighted by Gasteiger charge is -2.18. The summed E-state index contributed by atoms with van der Waals surface area (Å²) in [7, 11) is -4.38. The van der Waals surface area contributed by atoms with E-state index < -0.39 is 167 Å². The molecule has 0 bridgehead atoms. The average Bonchev–Trinajstić information content (AvgIpc) is 2.54. The van der Waals surface area contributed by atoms with E-state index in [0.717, 1.165) is 24.0 Å². The van der Waals surface area contributed by atoms with Crippen molar-refractivity contribution in [3.8, 4) is 0 Å². The number of amides is 5. The number of nitrogens with zero attached hydrogens (tertiary/aromatic N) is 4. The Morgan fingerprint density at radius 3 is 1.23 bits per heavy atom. The Morgan fingerprint density at radius 1 is 0.547 bits per heavy atom. The molecule has 8 saturated heterocycles. The van der Waals surface area contributed by atoms with Gasteiger partial charge in [-0.2, -0.15) is 9.20 Å². The molecule has 17 atom stereocenters. The zero-order valence-corrected chi connectivity index (χ0v) is 50.0. The van der Waals surface area contributed by atoms with Gasteiger partial charge in [0.1, 0.15) is 55.0 Å². The van der Waals surface area contributed by atoms with E-state index in [-0.39, 0.29) is 64.3 Å². The molecule has 8 fully saturated rings. The molecule has 8 heterocycles. The normalized spacial score (nSPS) is 31.3. The van der Waals surface area contributed by atoms with Crippen molar-refractivity contribution in [1.29, 1.82) is 0 Å². The third-order valence-electron chi connectivity index (χ3n) is 12.2. The van der Waals surface area contributed by atoms with E-state index in [0.29, 0.717) is 13.0 Å². The van der Waals surface area contributed by atoms with Gasteiger partial charge in [-0.3, -0.25) is 25.9 Å². The topological polar surface area (TPSA) is 503 Å². The van der Waals surface area contributed by atoms with Crippen LogP contribution in [-0.2, 0) is 127 Å². The standard InChI is InChI=1S/C15H22N2O7.C10H20N4O8P2.C10H14O8.C9H10N2O7S2/c1-3-5-6-16-14(18)23-10-7-21-13-11(8-22-12(10)13)24-15(19)17-9-20-4-2;1-23(11,17)4-7(15)21-5-2-19-9-6(3-20-8(5)9)22-10(16)14-24(12,13)18;1-13-9(11)17-5-3-15-8-6(4-16-7(5)8)18-10(12)14-2;1-19-10-8(12)17-4-2-15-7-5(3-16-6(4)7)18-9(13)11-20-14/h6,9-13H,3-5,7-8H2,1-2H3;5-6,8-9H,2-4H2,1H3,(H2,11,17)(H5,12,13,14,16,18);5-8H,3-4H2,1-2H3;4-7H,1-3H2/t10-,11+,12+,13+;5?,6-,8-,9-,23?;5-,6+,7-,8-;4-,5+,6+,7+/m0110/s1. The molecule has 86 heavy (non-hydrogen) atoms. The number of esters is 1. The number of hydrogen-bond donors (Lipinski definition) is 4. The number of carbonyl (C=O) groups is 8. The van der Waals surface area contributed by atoms with Gasteiger partial charge in [0.2, 0.25) is 11.5 Å².